The summed E-state index contributed by atoms with van der Waals surface area (Å²) in [5.41, 5.74) is 17.5. The minimum Gasteiger partial charge on any atom is -0.456 e. The molecular weight excluding hydrogens is 799 g/mol. The van der Waals surface area contributed by atoms with Crippen LogP contribution in [-0.4, -0.2) is 0 Å². The molecule has 0 saturated heterocycles. The fraction of sp³-hybridized carbons (Fsp3) is 0.0312. The average molecular weight is 842 g/mol. The molecule has 12 aromatic rings. The predicted octanol–water partition coefficient (Wildman–Crippen LogP) is 17.4. The molecule has 1 aliphatic carbocycles. The first-order valence-corrected chi connectivity index (χ1v) is 22.8. The number of hydrogen-bond acceptors (Lipinski definition) is 2. The van der Waals surface area contributed by atoms with Crippen molar-refractivity contribution in [3.05, 3.63) is 270 Å². The first-order chi connectivity index (χ1) is 32.6. The maximum atomic E-state index is 7.12. The molecular formula is C64H43NO. The van der Waals surface area contributed by atoms with E-state index in [4.69, 9.17) is 4.42 Å². The molecule has 0 aliphatic heterocycles. The molecule has 0 bridgehead atoms. The van der Waals surface area contributed by atoms with Gasteiger partial charge in [-0.05, 0) is 139 Å². The number of nitrogens with zero attached hydrogens (tertiary/aromatic N) is 1. The molecule has 0 N–H and O–H groups in total. The van der Waals surface area contributed by atoms with E-state index in [0.717, 1.165) is 50.1 Å². The van der Waals surface area contributed by atoms with Crippen LogP contribution in [0.3, 0.4) is 0 Å². The first kappa shape index (κ1) is 38.0. The molecule has 1 heterocycles. The fourth-order valence-electron chi connectivity index (χ4n) is 11.0. The summed E-state index contributed by atoms with van der Waals surface area (Å²) < 4.78 is 7.12. The average Bonchev–Trinajstić information content (AvgIpc) is 3.90. The number of anilines is 3. The summed E-state index contributed by atoms with van der Waals surface area (Å²) in [6.45, 7) is 2.22. The Balaban J connectivity index is 1.09. The Labute approximate surface area is 384 Å². The van der Waals surface area contributed by atoms with Crippen LogP contribution in [0.25, 0.3) is 76.9 Å². The lowest BCUT2D eigenvalue weighted by Crippen LogP contribution is -2.28. The zero-order valence-corrected chi connectivity index (χ0v) is 36.4. The highest BCUT2D eigenvalue weighted by atomic mass is 16.3. The molecule has 11 aromatic carbocycles. The predicted molar refractivity (Wildman–Crippen MR) is 276 cm³/mol. The van der Waals surface area contributed by atoms with Crippen LogP contribution in [0.1, 0.15) is 27.8 Å². The van der Waals surface area contributed by atoms with Gasteiger partial charge in [0.2, 0.25) is 0 Å². The van der Waals surface area contributed by atoms with Crippen LogP contribution in [0.2, 0.25) is 0 Å². The summed E-state index contributed by atoms with van der Waals surface area (Å²) in [5.74, 6) is 0. The molecule has 0 radical (unpaired) electrons. The molecule has 2 heteroatoms. The van der Waals surface area contributed by atoms with Crippen molar-refractivity contribution in [3.8, 4) is 33.4 Å². The number of furan rings is 1. The molecule has 0 amide bonds. The van der Waals surface area contributed by atoms with Crippen molar-refractivity contribution in [2.75, 3.05) is 4.90 Å². The molecule has 2 nitrogen and oxygen atoms in total. The Bertz CT molecular complexity index is 3710. The number of hydrogen-bond donors (Lipinski definition) is 0. The molecule has 310 valence electrons. The fourth-order valence-corrected chi connectivity index (χ4v) is 11.0. The van der Waals surface area contributed by atoms with E-state index in [1.54, 1.807) is 0 Å². The van der Waals surface area contributed by atoms with E-state index < -0.39 is 5.41 Å². The summed E-state index contributed by atoms with van der Waals surface area (Å²) in [7, 11) is 0. The molecule has 0 unspecified atom stereocenters. The summed E-state index contributed by atoms with van der Waals surface area (Å²) in [6, 6.07) is 89.0. The van der Waals surface area contributed by atoms with Crippen molar-refractivity contribution in [3.63, 3.8) is 0 Å². The van der Waals surface area contributed by atoms with E-state index in [1.807, 2.05) is 0 Å². The van der Waals surface area contributed by atoms with Crippen molar-refractivity contribution in [1.82, 2.24) is 0 Å². The summed E-state index contributed by atoms with van der Waals surface area (Å²) in [6.07, 6.45) is 0. The van der Waals surface area contributed by atoms with Gasteiger partial charge in [0, 0.05) is 33.4 Å². The second-order valence-corrected chi connectivity index (χ2v) is 17.7. The molecule has 1 aliphatic rings. The number of fused-ring (bicyclic) bond motifs is 9. The van der Waals surface area contributed by atoms with Gasteiger partial charge in [-0.15, -0.1) is 0 Å². The largest absolute Gasteiger partial charge is 0.456 e. The number of para-hydroxylation sites is 1. The van der Waals surface area contributed by atoms with Crippen molar-refractivity contribution in [2.45, 2.75) is 12.3 Å². The van der Waals surface area contributed by atoms with Gasteiger partial charge in [0.05, 0.1) is 5.41 Å². The van der Waals surface area contributed by atoms with Gasteiger partial charge in [0.15, 0.2) is 0 Å². The van der Waals surface area contributed by atoms with Gasteiger partial charge in [0.1, 0.15) is 11.2 Å². The minimum atomic E-state index is -0.713. The second kappa shape index (κ2) is 15.1. The maximum Gasteiger partial charge on any atom is 0.140 e. The van der Waals surface area contributed by atoms with Crippen LogP contribution in [-0.2, 0) is 5.41 Å². The Morgan fingerprint density at radius 1 is 0.379 bits per heavy atom. The van der Waals surface area contributed by atoms with E-state index in [-0.39, 0.29) is 0 Å². The lowest BCUT2D eigenvalue weighted by molar-refractivity contribution is 0.650. The highest BCUT2D eigenvalue weighted by Gasteiger charge is 2.49. The van der Waals surface area contributed by atoms with Crippen molar-refractivity contribution in [1.29, 1.82) is 0 Å². The van der Waals surface area contributed by atoms with E-state index in [2.05, 4.69) is 254 Å². The zero-order valence-electron chi connectivity index (χ0n) is 36.4. The molecule has 0 atom stereocenters. The van der Waals surface area contributed by atoms with Crippen LogP contribution in [0, 0.1) is 6.92 Å². The van der Waals surface area contributed by atoms with Crippen molar-refractivity contribution in [2.24, 2.45) is 0 Å². The van der Waals surface area contributed by atoms with Gasteiger partial charge in [-0.2, -0.15) is 0 Å². The quantitative estimate of drug-likeness (QED) is 0.159. The van der Waals surface area contributed by atoms with E-state index in [9.17, 15) is 0 Å². The van der Waals surface area contributed by atoms with Gasteiger partial charge < -0.3 is 9.32 Å². The van der Waals surface area contributed by atoms with E-state index >= 15 is 0 Å². The second-order valence-electron chi connectivity index (χ2n) is 17.7. The molecule has 0 spiro atoms. The highest BCUT2D eigenvalue weighted by molar-refractivity contribution is 6.14. The molecule has 1 aromatic heterocycles. The van der Waals surface area contributed by atoms with E-state index in [0.29, 0.717) is 0 Å². The van der Waals surface area contributed by atoms with Crippen molar-refractivity contribution >= 4 is 60.5 Å². The first-order valence-electron chi connectivity index (χ1n) is 22.8. The molecule has 0 saturated carbocycles. The maximum absolute atomic E-state index is 7.12. The topological polar surface area (TPSA) is 16.4 Å². The van der Waals surface area contributed by atoms with Crippen molar-refractivity contribution < 1.29 is 4.42 Å². The third kappa shape index (κ3) is 5.89. The molecule has 0 fully saturated rings. The number of rotatable bonds is 7. The third-order valence-electron chi connectivity index (χ3n) is 13.9. The van der Waals surface area contributed by atoms with Gasteiger partial charge in [0.25, 0.3) is 0 Å². The third-order valence-corrected chi connectivity index (χ3v) is 13.9. The van der Waals surface area contributed by atoms with Crippen LogP contribution < -0.4 is 4.90 Å². The standard InChI is InChI=1S/C64H43NO/c1-42-35-49(39-54(36-42)65(52-32-29-43-17-11-13-21-46(43)37-52)53-33-30-44-18-12-14-22-47(44)38-53)48-31-34-56-59(40-48)64(50-23-7-3-8-24-50,51-25-9-4-10-26-51)62-61(56)57(45-19-5-2-6-20-45)41-58-55-27-15-16-28-60(55)66-63(58)62/h2-41H,1H3. The number of aryl methyl sites for hydroxylation is 1. The van der Waals surface area contributed by atoms with Gasteiger partial charge in [-0.1, -0.05) is 188 Å². The SMILES string of the molecule is Cc1cc(-c2ccc3c(c2)C(c2ccccc2)(c2ccccc2)c2c-3c(-c3ccccc3)cc3c2oc2ccccc23)cc(N(c2ccc3ccccc3c2)c2ccc3ccccc3c2)c1. The van der Waals surface area contributed by atoms with Crippen LogP contribution >= 0.6 is 0 Å². The Morgan fingerprint density at radius 2 is 0.955 bits per heavy atom. The Kier molecular flexibility index (Phi) is 8.69. The smallest absolute Gasteiger partial charge is 0.140 e. The lowest BCUT2D eigenvalue weighted by atomic mass is 9.67. The summed E-state index contributed by atoms with van der Waals surface area (Å²) in [5, 5.41) is 7.10. The Hall–Kier alpha value is -8.46. The zero-order chi connectivity index (χ0) is 43.8. The monoisotopic (exact) mass is 841 g/mol. The summed E-state index contributed by atoms with van der Waals surface area (Å²) >= 11 is 0. The Morgan fingerprint density at radius 3 is 1.61 bits per heavy atom. The minimum absolute atomic E-state index is 0.713. The molecule has 66 heavy (non-hydrogen) atoms. The number of benzene rings is 11. The van der Waals surface area contributed by atoms with Crippen LogP contribution in [0.5, 0.6) is 0 Å². The summed E-state index contributed by atoms with van der Waals surface area (Å²) in [4.78, 5) is 2.42. The van der Waals surface area contributed by atoms with Crippen LogP contribution in [0.15, 0.2) is 247 Å². The van der Waals surface area contributed by atoms with Gasteiger partial charge >= 0.3 is 0 Å². The normalized spacial score (nSPS) is 12.7. The highest BCUT2D eigenvalue weighted by Crippen LogP contribution is 2.61. The lowest BCUT2D eigenvalue weighted by Gasteiger charge is -2.34. The van der Waals surface area contributed by atoms with Gasteiger partial charge in [-0.25, -0.2) is 0 Å². The van der Waals surface area contributed by atoms with E-state index in [1.165, 1.54) is 71.6 Å². The molecule has 13 rings (SSSR count). The van der Waals surface area contributed by atoms with Crippen LogP contribution in [0.4, 0.5) is 17.1 Å². The van der Waals surface area contributed by atoms with Gasteiger partial charge in [-0.3, -0.25) is 0 Å².